The van der Waals surface area contributed by atoms with Crippen LogP contribution in [0.25, 0.3) is 0 Å². The normalized spacial score (nSPS) is 27.0. The van der Waals surface area contributed by atoms with Gasteiger partial charge in [-0.05, 0) is 25.8 Å². The topological polar surface area (TPSA) is 89.8 Å². The van der Waals surface area contributed by atoms with Crippen LogP contribution < -0.4 is 0 Å². The lowest BCUT2D eigenvalue weighted by Gasteiger charge is -2.30. The largest absolute Gasteiger partial charge is 0.456 e. The van der Waals surface area contributed by atoms with E-state index in [1.807, 2.05) is 6.92 Å². The van der Waals surface area contributed by atoms with Crippen LogP contribution in [-0.2, 0) is 14.3 Å². The van der Waals surface area contributed by atoms with E-state index < -0.39 is 23.0 Å². The Bertz CT molecular complexity index is 709. The molecule has 3 rings (SSSR count). The Morgan fingerprint density at radius 2 is 2.29 bits per heavy atom. The molecule has 1 aromatic carbocycles. The third kappa shape index (κ3) is 2.86. The lowest BCUT2D eigenvalue weighted by molar-refractivity contribution is -0.385. The lowest BCUT2D eigenvalue weighted by atomic mass is 10.1. The van der Waals surface area contributed by atoms with Gasteiger partial charge in [-0.15, -0.1) is 11.8 Å². The summed E-state index contributed by atoms with van der Waals surface area (Å²) in [6, 6.07) is 5.44. The van der Waals surface area contributed by atoms with Crippen LogP contribution in [0.3, 0.4) is 0 Å². The number of benzene rings is 1. The number of hydrogen-bond acceptors (Lipinski definition) is 6. The highest BCUT2D eigenvalue weighted by atomic mass is 32.2. The summed E-state index contributed by atoms with van der Waals surface area (Å²) in [5, 5.41) is 10.9. The van der Waals surface area contributed by atoms with Crippen LogP contribution in [0.15, 0.2) is 24.3 Å². The molecule has 2 aliphatic heterocycles. The molecule has 0 saturated carbocycles. The van der Waals surface area contributed by atoms with Crippen LogP contribution in [0.1, 0.15) is 38.4 Å². The first-order valence-electron chi connectivity index (χ1n) is 7.73. The van der Waals surface area contributed by atoms with Crippen molar-refractivity contribution in [1.29, 1.82) is 0 Å². The first-order valence-corrected chi connectivity index (χ1v) is 8.71. The molecule has 0 bridgehead atoms. The predicted molar refractivity (Wildman–Crippen MR) is 88.3 cm³/mol. The van der Waals surface area contributed by atoms with E-state index in [1.165, 1.54) is 12.1 Å². The molecule has 7 nitrogen and oxygen atoms in total. The summed E-state index contributed by atoms with van der Waals surface area (Å²) in [5.41, 5.74) is 0.507. The molecule has 2 fully saturated rings. The lowest BCUT2D eigenvalue weighted by Crippen LogP contribution is -2.46. The molecule has 2 aliphatic rings. The number of carbonyl (C=O) groups is 2. The van der Waals surface area contributed by atoms with Crippen molar-refractivity contribution in [2.24, 2.45) is 0 Å². The number of hydrogen-bond donors (Lipinski definition) is 0. The van der Waals surface area contributed by atoms with Gasteiger partial charge in [0.1, 0.15) is 12.1 Å². The highest BCUT2D eigenvalue weighted by Crippen LogP contribution is 2.47. The molecule has 0 aromatic heterocycles. The minimum absolute atomic E-state index is 0.0209. The maximum atomic E-state index is 12.5. The van der Waals surface area contributed by atoms with Crippen molar-refractivity contribution in [3.05, 3.63) is 39.9 Å². The Morgan fingerprint density at radius 3 is 3.00 bits per heavy atom. The van der Waals surface area contributed by atoms with Crippen LogP contribution in [0.2, 0.25) is 0 Å². The Hall–Kier alpha value is -2.09. The standard InChI is InChI=1S/C16H18N2O5S/c1-10(11-4-3-5-12(8-11)18(21)22)23-15(20)13-9-24-16(2)7-6-14(19)17(13)16/h3-5,8,10,13H,6-7,9H2,1-2H3/t10-,13+,16-/m0/s1. The Kier molecular flexibility index (Phi) is 4.25. The van der Waals surface area contributed by atoms with Gasteiger partial charge in [-0.3, -0.25) is 14.9 Å². The molecular weight excluding hydrogens is 332 g/mol. The molecule has 2 saturated heterocycles. The van der Waals surface area contributed by atoms with Gasteiger partial charge in [0.05, 0.1) is 9.79 Å². The average Bonchev–Trinajstić information content (AvgIpc) is 3.04. The number of nitrogens with zero attached hydrogens (tertiary/aromatic N) is 2. The molecule has 3 atom stereocenters. The van der Waals surface area contributed by atoms with E-state index in [2.05, 4.69) is 0 Å². The summed E-state index contributed by atoms with van der Waals surface area (Å²) in [4.78, 5) is 36.3. The molecule has 128 valence electrons. The number of amides is 1. The summed E-state index contributed by atoms with van der Waals surface area (Å²) in [6.45, 7) is 3.64. The third-order valence-corrected chi connectivity index (χ3v) is 6.07. The first-order chi connectivity index (χ1) is 11.3. The molecule has 0 radical (unpaired) electrons. The van der Waals surface area contributed by atoms with Gasteiger partial charge in [0.2, 0.25) is 5.91 Å². The maximum Gasteiger partial charge on any atom is 0.330 e. The van der Waals surface area contributed by atoms with Crippen molar-refractivity contribution in [1.82, 2.24) is 4.90 Å². The Morgan fingerprint density at radius 1 is 1.54 bits per heavy atom. The predicted octanol–water partition coefficient (Wildman–Crippen LogP) is 2.65. The van der Waals surface area contributed by atoms with Crippen molar-refractivity contribution < 1.29 is 19.2 Å². The minimum Gasteiger partial charge on any atom is -0.456 e. The second-order valence-corrected chi connectivity index (χ2v) is 7.70. The van der Waals surface area contributed by atoms with E-state index in [-0.39, 0.29) is 16.5 Å². The van der Waals surface area contributed by atoms with E-state index >= 15 is 0 Å². The summed E-state index contributed by atoms with van der Waals surface area (Å²) >= 11 is 1.60. The van der Waals surface area contributed by atoms with Crippen LogP contribution in [0.4, 0.5) is 5.69 Å². The minimum atomic E-state index is -0.619. The van der Waals surface area contributed by atoms with Crippen LogP contribution in [0.5, 0.6) is 0 Å². The molecule has 2 heterocycles. The SMILES string of the molecule is C[C@H](OC(=O)[C@H]1CS[C@@]2(C)CCC(=O)N12)c1cccc([N+](=O)[O-])c1. The number of non-ortho nitro benzene ring substituents is 1. The highest BCUT2D eigenvalue weighted by Gasteiger charge is 2.53. The van der Waals surface area contributed by atoms with Crippen molar-refractivity contribution in [3.63, 3.8) is 0 Å². The Balaban J connectivity index is 1.72. The summed E-state index contributed by atoms with van der Waals surface area (Å²) in [5.74, 6) is 0.0378. The summed E-state index contributed by atoms with van der Waals surface area (Å²) in [6.07, 6.45) is 0.570. The third-order valence-electron chi connectivity index (χ3n) is 4.56. The van der Waals surface area contributed by atoms with E-state index in [4.69, 9.17) is 4.74 Å². The molecule has 0 unspecified atom stereocenters. The summed E-state index contributed by atoms with van der Waals surface area (Å²) < 4.78 is 5.49. The van der Waals surface area contributed by atoms with Gasteiger partial charge in [0.25, 0.3) is 5.69 Å². The zero-order chi connectivity index (χ0) is 17.5. The van der Waals surface area contributed by atoms with Gasteiger partial charge >= 0.3 is 5.97 Å². The zero-order valence-corrected chi connectivity index (χ0v) is 14.2. The van der Waals surface area contributed by atoms with E-state index in [1.54, 1.807) is 35.7 Å². The van der Waals surface area contributed by atoms with E-state index in [9.17, 15) is 19.7 Å². The fourth-order valence-corrected chi connectivity index (χ4v) is 4.62. The number of rotatable bonds is 4. The van der Waals surface area contributed by atoms with E-state index in [0.29, 0.717) is 17.7 Å². The van der Waals surface area contributed by atoms with E-state index in [0.717, 1.165) is 6.42 Å². The van der Waals surface area contributed by atoms with Gasteiger partial charge in [-0.25, -0.2) is 4.79 Å². The van der Waals surface area contributed by atoms with Crippen molar-refractivity contribution in [2.45, 2.75) is 43.7 Å². The molecule has 0 spiro atoms. The number of fused-ring (bicyclic) bond motifs is 1. The molecule has 8 heteroatoms. The van der Waals surface area contributed by atoms with Crippen molar-refractivity contribution in [2.75, 3.05) is 5.75 Å². The molecular formula is C16H18N2O5S. The van der Waals surface area contributed by atoms with Crippen LogP contribution in [0, 0.1) is 10.1 Å². The molecule has 1 amide bonds. The van der Waals surface area contributed by atoms with Crippen molar-refractivity contribution in [3.8, 4) is 0 Å². The average molecular weight is 350 g/mol. The van der Waals surface area contributed by atoms with Gasteiger partial charge in [-0.1, -0.05) is 12.1 Å². The monoisotopic (exact) mass is 350 g/mol. The van der Waals surface area contributed by atoms with Gasteiger partial charge in [0.15, 0.2) is 0 Å². The molecule has 0 aliphatic carbocycles. The van der Waals surface area contributed by atoms with Gasteiger partial charge in [0, 0.05) is 24.3 Å². The number of nitro groups is 1. The second-order valence-electron chi connectivity index (χ2n) is 6.20. The molecule has 24 heavy (non-hydrogen) atoms. The summed E-state index contributed by atoms with van der Waals surface area (Å²) in [7, 11) is 0. The maximum absolute atomic E-state index is 12.5. The zero-order valence-electron chi connectivity index (χ0n) is 13.4. The number of esters is 1. The smallest absolute Gasteiger partial charge is 0.330 e. The van der Waals surface area contributed by atoms with Gasteiger partial charge in [-0.2, -0.15) is 0 Å². The van der Waals surface area contributed by atoms with Crippen LogP contribution >= 0.6 is 11.8 Å². The number of nitro benzene ring substituents is 1. The molecule has 0 N–H and O–H groups in total. The van der Waals surface area contributed by atoms with Gasteiger partial charge < -0.3 is 9.64 Å². The van der Waals surface area contributed by atoms with Crippen molar-refractivity contribution >= 4 is 29.3 Å². The number of carbonyl (C=O) groups excluding carboxylic acids is 2. The Labute approximate surface area is 143 Å². The fourth-order valence-electron chi connectivity index (χ4n) is 3.21. The number of ether oxygens (including phenoxy) is 1. The number of thioether (sulfide) groups is 1. The second kappa shape index (κ2) is 6.08. The highest BCUT2D eigenvalue weighted by molar-refractivity contribution is 8.01. The quantitative estimate of drug-likeness (QED) is 0.471. The first kappa shape index (κ1) is 16.8. The molecule has 1 aromatic rings. The fraction of sp³-hybridized carbons (Fsp3) is 0.500. The van der Waals surface area contributed by atoms with Crippen LogP contribution in [-0.4, -0.2) is 38.4 Å².